The number of oxazole rings is 1. The van der Waals surface area contributed by atoms with E-state index in [1.165, 1.54) is 12.8 Å². The van der Waals surface area contributed by atoms with Crippen molar-refractivity contribution in [3.05, 3.63) is 22.7 Å². The van der Waals surface area contributed by atoms with E-state index >= 15 is 0 Å². The molecule has 0 radical (unpaired) electrons. The molecule has 0 unspecified atom stereocenters. The minimum absolute atomic E-state index is 0.335. The van der Waals surface area contributed by atoms with Gasteiger partial charge in [-0.3, -0.25) is 4.98 Å². The SMILES string of the molecule is COCCC1(CNc2cc3[nH]c(=O)oc3cc2N)CC1. The van der Waals surface area contributed by atoms with Crippen LogP contribution in [0.1, 0.15) is 19.3 Å². The first-order valence-electron chi connectivity index (χ1n) is 6.77. The molecule has 0 aliphatic heterocycles. The van der Waals surface area contributed by atoms with E-state index in [1.807, 2.05) is 6.07 Å². The van der Waals surface area contributed by atoms with Gasteiger partial charge in [0, 0.05) is 26.3 Å². The first kappa shape index (κ1) is 13.1. The molecule has 0 atom stereocenters. The van der Waals surface area contributed by atoms with Crippen molar-refractivity contribution in [2.24, 2.45) is 5.41 Å². The highest BCUT2D eigenvalue weighted by molar-refractivity contribution is 5.85. The molecule has 6 nitrogen and oxygen atoms in total. The van der Waals surface area contributed by atoms with Crippen LogP contribution in [0.15, 0.2) is 21.3 Å². The van der Waals surface area contributed by atoms with Crippen molar-refractivity contribution >= 4 is 22.5 Å². The van der Waals surface area contributed by atoms with Gasteiger partial charge in [-0.25, -0.2) is 4.79 Å². The fraction of sp³-hybridized carbons (Fsp3) is 0.500. The molecule has 0 spiro atoms. The zero-order valence-corrected chi connectivity index (χ0v) is 11.5. The van der Waals surface area contributed by atoms with Crippen LogP contribution in [-0.2, 0) is 4.74 Å². The van der Waals surface area contributed by atoms with Crippen LogP contribution in [0.3, 0.4) is 0 Å². The second-order valence-electron chi connectivity index (χ2n) is 5.55. The van der Waals surface area contributed by atoms with Gasteiger partial charge in [-0.2, -0.15) is 0 Å². The predicted molar refractivity (Wildman–Crippen MR) is 77.9 cm³/mol. The van der Waals surface area contributed by atoms with Gasteiger partial charge >= 0.3 is 5.76 Å². The molecule has 1 aromatic heterocycles. The Labute approximate surface area is 116 Å². The van der Waals surface area contributed by atoms with E-state index < -0.39 is 5.76 Å². The van der Waals surface area contributed by atoms with E-state index in [-0.39, 0.29) is 0 Å². The van der Waals surface area contributed by atoms with Crippen LogP contribution in [0.2, 0.25) is 0 Å². The van der Waals surface area contributed by atoms with E-state index in [4.69, 9.17) is 14.9 Å². The van der Waals surface area contributed by atoms with Crippen LogP contribution in [0.4, 0.5) is 11.4 Å². The van der Waals surface area contributed by atoms with Crippen LogP contribution in [0.5, 0.6) is 0 Å². The maximum atomic E-state index is 11.2. The number of fused-ring (bicyclic) bond motifs is 1. The van der Waals surface area contributed by atoms with E-state index in [1.54, 1.807) is 13.2 Å². The topological polar surface area (TPSA) is 93.3 Å². The third-order valence-corrected chi connectivity index (χ3v) is 4.04. The maximum absolute atomic E-state index is 11.2. The Balaban J connectivity index is 1.74. The number of aromatic nitrogens is 1. The molecule has 20 heavy (non-hydrogen) atoms. The summed E-state index contributed by atoms with van der Waals surface area (Å²) in [5, 5.41) is 3.38. The molecule has 0 saturated heterocycles. The van der Waals surface area contributed by atoms with Crippen molar-refractivity contribution in [1.82, 2.24) is 4.98 Å². The largest absolute Gasteiger partial charge is 0.417 e. The van der Waals surface area contributed by atoms with Crippen LogP contribution in [-0.4, -0.2) is 25.2 Å². The Bertz CT molecular complexity index is 670. The molecule has 1 fully saturated rings. The number of nitrogens with two attached hydrogens (primary N) is 1. The smallest absolute Gasteiger partial charge is 0.408 e. The summed E-state index contributed by atoms with van der Waals surface area (Å²) >= 11 is 0. The lowest BCUT2D eigenvalue weighted by molar-refractivity contribution is 0.175. The van der Waals surface area contributed by atoms with Gasteiger partial charge in [-0.1, -0.05) is 0 Å². The lowest BCUT2D eigenvalue weighted by Crippen LogP contribution is -2.17. The molecular weight excluding hydrogens is 258 g/mol. The second kappa shape index (κ2) is 4.86. The molecule has 4 N–H and O–H groups in total. The predicted octanol–water partition coefficient (Wildman–Crippen LogP) is 1.93. The summed E-state index contributed by atoms with van der Waals surface area (Å²) in [6, 6.07) is 3.49. The van der Waals surface area contributed by atoms with Gasteiger partial charge in [0.1, 0.15) is 0 Å². The molecule has 0 amide bonds. The Morgan fingerprint density at radius 1 is 1.50 bits per heavy atom. The monoisotopic (exact) mass is 277 g/mol. The second-order valence-corrected chi connectivity index (χ2v) is 5.55. The summed E-state index contributed by atoms with van der Waals surface area (Å²) < 4.78 is 10.1. The van der Waals surface area contributed by atoms with E-state index in [2.05, 4.69) is 10.3 Å². The number of nitrogen functional groups attached to an aromatic ring is 1. The zero-order chi connectivity index (χ0) is 14.2. The summed E-state index contributed by atoms with van der Waals surface area (Å²) in [7, 11) is 1.73. The Kier molecular flexibility index (Phi) is 3.17. The quantitative estimate of drug-likeness (QED) is 0.701. The Morgan fingerprint density at radius 2 is 2.30 bits per heavy atom. The molecule has 1 heterocycles. The number of anilines is 2. The minimum atomic E-state index is -0.463. The van der Waals surface area contributed by atoms with Crippen LogP contribution < -0.4 is 16.8 Å². The van der Waals surface area contributed by atoms with Gasteiger partial charge in [0.15, 0.2) is 5.58 Å². The molecule has 1 aliphatic carbocycles. The van der Waals surface area contributed by atoms with E-state index in [9.17, 15) is 4.79 Å². The first-order chi connectivity index (χ1) is 9.62. The Hall–Kier alpha value is -1.95. The van der Waals surface area contributed by atoms with Crippen molar-refractivity contribution in [3.8, 4) is 0 Å². The van der Waals surface area contributed by atoms with Gasteiger partial charge in [-0.05, 0) is 30.7 Å². The number of aromatic amines is 1. The normalized spacial score (nSPS) is 16.4. The van der Waals surface area contributed by atoms with Crippen molar-refractivity contribution in [1.29, 1.82) is 0 Å². The zero-order valence-electron chi connectivity index (χ0n) is 11.5. The highest BCUT2D eigenvalue weighted by Crippen LogP contribution is 2.48. The summed E-state index contributed by atoms with van der Waals surface area (Å²) in [6.45, 7) is 1.65. The molecule has 0 bridgehead atoms. The average Bonchev–Trinajstić information content (AvgIpc) is 3.10. The summed E-state index contributed by atoms with van der Waals surface area (Å²) in [6.07, 6.45) is 3.49. The molecule has 3 rings (SSSR count). The molecule has 1 saturated carbocycles. The van der Waals surface area contributed by atoms with Crippen LogP contribution in [0.25, 0.3) is 11.1 Å². The summed E-state index contributed by atoms with van der Waals surface area (Å²) in [5.74, 6) is -0.463. The third kappa shape index (κ3) is 2.51. The van der Waals surface area contributed by atoms with Crippen LogP contribution >= 0.6 is 0 Å². The van der Waals surface area contributed by atoms with Crippen molar-refractivity contribution < 1.29 is 9.15 Å². The van der Waals surface area contributed by atoms with Gasteiger partial charge in [-0.15, -0.1) is 0 Å². The van der Waals surface area contributed by atoms with E-state index in [0.29, 0.717) is 22.2 Å². The fourth-order valence-electron chi connectivity index (χ4n) is 2.46. The van der Waals surface area contributed by atoms with Crippen molar-refractivity contribution in [2.75, 3.05) is 31.3 Å². The van der Waals surface area contributed by atoms with Crippen molar-refractivity contribution in [2.45, 2.75) is 19.3 Å². The molecule has 1 aromatic carbocycles. The minimum Gasteiger partial charge on any atom is -0.408 e. The number of hydrogen-bond donors (Lipinski definition) is 3. The van der Waals surface area contributed by atoms with Gasteiger partial charge < -0.3 is 20.2 Å². The maximum Gasteiger partial charge on any atom is 0.417 e. The van der Waals surface area contributed by atoms with Gasteiger partial charge in [0.25, 0.3) is 0 Å². The lowest BCUT2D eigenvalue weighted by Gasteiger charge is -2.17. The van der Waals surface area contributed by atoms with Crippen LogP contribution in [0, 0.1) is 5.41 Å². The molecule has 2 aromatic rings. The molecular formula is C14H19N3O3. The number of methoxy groups -OCH3 is 1. The number of H-pyrrole nitrogens is 1. The molecule has 6 heteroatoms. The first-order valence-corrected chi connectivity index (χ1v) is 6.77. The molecule has 108 valence electrons. The standard InChI is InChI=1S/C14H19N3O3/c1-19-5-4-14(2-3-14)8-16-10-7-11-12(6-9(10)15)20-13(18)17-11/h6-7,16H,2-5,8,15H2,1H3,(H,17,18). The molecule has 1 aliphatic rings. The number of ether oxygens (including phenoxy) is 1. The number of rotatable bonds is 6. The third-order valence-electron chi connectivity index (χ3n) is 4.04. The highest BCUT2D eigenvalue weighted by atomic mass is 16.5. The summed E-state index contributed by atoms with van der Waals surface area (Å²) in [4.78, 5) is 13.8. The Morgan fingerprint density at radius 3 is 3.00 bits per heavy atom. The van der Waals surface area contributed by atoms with E-state index in [0.717, 1.165) is 25.3 Å². The fourth-order valence-corrected chi connectivity index (χ4v) is 2.46. The van der Waals surface area contributed by atoms with Crippen molar-refractivity contribution in [3.63, 3.8) is 0 Å². The number of hydrogen-bond acceptors (Lipinski definition) is 5. The number of nitrogens with one attached hydrogen (secondary N) is 2. The lowest BCUT2D eigenvalue weighted by atomic mass is 10.0. The van der Waals surface area contributed by atoms with Gasteiger partial charge in [0.2, 0.25) is 0 Å². The van der Waals surface area contributed by atoms with Gasteiger partial charge in [0.05, 0.1) is 16.9 Å². The summed E-state index contributed by atoms with van der Waals surface area (Å²) in [5.41, 5.74) is 8.88. The number of benzene rings is 1. The average molecular weight is 277 g/mol. The highest BCUT2D eigenvalue weighted by Gasteiger charge is 2.41.